The molecule has 0 spiro atoms. The standard InChI is InChI=1S/C20H19ClFN3O4/c1-23-6-2-3-12-15(19(23)28)25-8-7-24(20(29)16(25)18(27)17(12)26)10-11-4-5-14(22)13(21)9-11/h4-5,9,27H,2-3,6-8,10H2,1H3. The number of pyridine rings is 1. The first-order valence-corrected chi connectivity index (χ1v) is 9.64. The summed E-state index contributed by atoms with van der Waals surface area (Å²) in [5, 5.41) is 10.5. The molecule has 0 atom stereocenters. The van der Waals surface area contributed by atoms with Crippen molar-refractivity contribution in [3.8, 4) is 5.75 Å². The van der Waals surface area contributed by atoms with Crippen LogP contribution in [-0.2, 0) is 19.5 Å². The highest BCUT2D eigenvalue weighted by atomic mass is 35.5. The first kappa shape index (κ1) is 19.4. The summed E-state index contributed by atoms with van der Waals surface area (Å²) in [5.74, 6) is -2.08. The zero-order valence-corrected chi connectivity index (χ0v) is 16.5. The molecule has 7 nitrogen and oxygen atoms in total. The van der Waals surface area contributed by atoms with Gasteiger partial charge in [0, 0.05) is 38.8 Å². The van der Waals surface area contributed by atoms with E-state index < -0.39 is 22.9 Å². The van der Waals surface area contributed by atoms with Gasteiger partial charge < -0.3 is 19.5 Å². The van der Waals surface area contributed by atoms with Crippen molar-refractivity contribution in [3.63, 3.8) is 0 Å². The van der Waals surface area contributed by atoms with Crippen LogP contribution in [0.25, 0.3) is 0 Å². The molecule has 1 aromatic carbocycles. The molecule has 152 valence electrons. The molecule has 29 heavy (non-hydrogen) atoms. The van der Waals surface area contributed by atoms with Crippen molar-refractivity contribution in [3.05, 3.63) is 61.8 Å². The minimum atomic E-state index is -0.671. The number of benzene rings is 1. The molecule has 1 aromatic heterocycles. The first-order valence-electron chi connectivity index (χ1n) is 9.27. The summed E-state index contributed by atoms with van der Waals surface area (Å²) in [6.45, 7) is 1.16. The fourth-order valence-corrected chi connectivity index (χ4v) is 4.14. The lowest BCUT2D eigenvalue weighted by Crippen LogP contribution is -2.44. The molecule has 2 aliphatic heterocycles. The Hall–Kier alpha value is -2.87. The first-order chi connectivity index (χ1) is 13.8. The summed E-state index contributed by atoms with van der Waals surface area (Å²) >= 11 is 5.81. The Morgan fingerprint density at radius 3 is 2.59 bits per heavy atom. The highest BCUT2D eigenvalue weighted by molar-refractivity contribution is 6.30. The fraction of sp³-hybridized carbons (Fsp3) is 0.350. The van der Waals surface area contributed by atoms with Gasteiger partial charge in [-0.15, -0.1) is 0 Å². The van der Waals surface area contributed by atoms with Gasteiger partial charge in [0.25, 0.3) is 11.8 Å². The van der Waals surface area contributed by atoms with E-state index in [2.05, 4.69) is 0 Å². The molecule has 0 saturated heterocycles. The second-order valence-electron chi connectivity index (χ2n) is 7.31. The number of carbonyl (C=O) groups is 2. The van der Waals surface area contributed by atoms with E-state index in [1.165, 1.54) is 32.6 Å². The number of carbonyl (C=O) groups excluding carboxylic acids is 2. The van der Waals surface area contributed by atoms with Crippen molar-refractivity contribution in [1.82, 2.24) is 14.4 Å². The third-order valence-electron chi connectivity index (χ3n) is 5.45. The van der Waals surface area contributed by atoms with Gasteiger partial charge in [-0.25, -0.2) is 4.39 Å². The molecule has 0 saturated carbocycles. The second-order valence-corrected chi connectivity index (χ2v) is 7.72. The smallest absolute Gasteiger partial charge is 0.274 e. The topological polar surface area (TPSA) is 82.8 Å². The molecule has 0 aliphatic carbocycles. The number of nitrogens with zero attached hydrogens (tertiary/aromatic N) is 3. The van der Waals surface area contributed by atoms with Crippen LogP contribution in [0.2, 0.25) is 5.02 Å². The third-order valence-corrected chi connectivity index (χ3v) is 5.74. The minimum absolute atomic E-state index is 0.0506. The number of aromatic nitrogens is 1. The molecule has 2 amide bonds. The summed E-state index contributed by atoms with van der Waals surface area (Å²) < 4.78 is 14.9. The Kier molecular flexibility index (Phi) is 4.82. The van der Waals surface area contributed by atoms with Crippen molar-refractivity contribution in [1.29, 1.82) is 0 Å². The monoisotopic (exact) mass is 419 g/mol. The number of hydrogen-bond donors (Lipinski definition) is 1. The number of rotatable bonds is 2. The summed E-state index contributed by atoms with van der Waals surface area (Å²) in [6.07, 6.45) is 0.971. The van der Waals surface area contributed by atoms with Crippen molar-refractivity contribution < 1.29 is 19.1 Å². The van der Waals surface area contributed by atoms with Gasteiger partial charge in [0.2, 0.25) is 5.43 Å². The molecule has 3 heterocycles. The zero-order valence-electron chi connectivity index (χ0n) is 15.7. The van der Waals surface area contributed by atoms with Crippen molar-refractivity contribution >= 4 is 23.4 Å². The summed E-state index contributed by atoms with van der Waals surface area (Å²) in [6, 6.07) is 4.17. The molecule has 0 bridgehead atoms. The van der Waals surface area contributed by atoms with Gasteiger partial charge >= 0.3 is 0 Å². The SMILES string of the molecule is CN1CCCc2c(n3c(c(O)c2=O)C(=O)N(Cc2ccc(F)c(Cl)c2)CC3)C1=O. The molecule has 0 fully saturated rings. The van der Waals surface area contributed by atoms with E-state index >= 15 is 0 Å². The largest absolute Gasteiger partial charge is 0.503 e. The van der Waals surface area contributed by atoms with Crippen LogP contribution >= 0.6 is 11.6 Å². The van der Waals surface area contributed by atoms with Crippen LogP contribution in [0.4, 0.5) is 4.39 Å². The van der Waals surface area contributed by atoms with Gasteiger partial charge in [-0.3, -0.25) is 14.4 Å². The minimum Gasteiger partial charge on any atom is -0.503 e. The Bertz CT molecular complexity index is 1100. The average molecular weight is 420 g/mol. The molecule has 9 heteroatoms. The maximum Gasteiger partial charge on any atom is 0.274 e. The Morgan fingerprint density at radius 2 is 1.86 bits per heavy atom. The van der Waals surface area contributed by atoms with Gasteiger partial charge in [0.15, 0.2) is 11.4 Å². The number of hydrogen-bond acceptors (Lipinski definition) is 4. The van der Waals surface area contributed by atoms with Gasteiger partial charge in [-0.2, -0.15) is 0 Å². The quantitative estimate of drug-likeness (QED) is 0.807. The van der Waals surface area contributed by atoms with Crippen LogP contribution in [0.1, 0.15) is 38.5 Å². The Labute approximate surface area is 170 Å². The lowest BCUT2D eigenvalue weighted by atomic mass is 10.0. The van der Waals surface area contributed by atoms with Gasteiger partial charge in [0.05, 0.1) is 5.02 Å². The summed E-state index contributed by atoms with van der Waals surface area (Å²) in [7, 11) is 1.65. The van der Waals surface area contributed by atoms with Crippen LogP contribution in [0.5, 0.6) is 5.75 Å². The van der Waals surface area contributed by atoms with E-state index in [1.807, 2.05) is 0 Å². The molecule has 0 radical (unpaired) electrons. The number of aromatic hydroxyl groups is 1. The van der Waals surface area contributed by atoms with Crippen LogP contribution in [-0.4, -0.2) is 51.4 Å². The molecule has 1 N–H and O–H groups in total. The Morgan fingerprint density at radius 1 is 1.10 bits per heavy atom. The molecule has 2 aliphatic rings. The fourth-order valence-electron chi connectivity index (χ4n) is 3.93. The third kappa shape index (κ3) is 3.17. The van der Waals surface area contributed by atoms with Crippen LogP contribution in [0, 0.1) is 5.82 Å². The predicted molar refractivity (Wildman–Crippen MR) is 104 cm³/mol. The van der Waals surface area contributed by atoms with Crippen LogP contribution in [0.3, 0.4) is 0 Å². The van der Waals surface area contributed by atoms with E-state index in [-0.39, 0.29) is 47.5 Å². The van der Waals surface area contributed by atoms with E-state index in [9.17, 15) is 23.9 Å². The molecule has 0 unspecified atom stereocenters. The van der Waals surface area contributed by atoms with Crippen molar-refractivity contribution in [2.24, 2.45) is 0 Å². The zero-order chi connectivity index (χ0) is 20.9. The van der Waals surface area contributed by atoms with Gasteiger partial charge in [-0.1, -0.05) is 17.7 Å². The Balaban J connectivity index is 1.77. The maximum atomic E-state index is 13.4. The predicted octanol–water partition coefficient (Wildman–Crippen LogP) is 2.02. The highest BCUT2D eigenvalue weighted by Gasteiger charge is 2.36. The lowest BCUT2D eigenvalue weighted by molar-refractivity contribution is 0.0674. The molecular formula is C20H19ClFN3O4. The average Bonchev–Trinajstić information content (AvgIpc) is 2.83. The van der Waals surface area contributed by atoms with Gasteiger partial charge in [0.1, 0.15) is 11.5 Å². The highest BCUT2D eigenvalue weighted by Crippen LogP contribution is 2.27. The van der Waals surface area contributed by atoms with Crippen molar-refractivity contribution in [2.75, 3.05) is 20.1 Å². The van der Waals surface area contributed by atoms with Crippen molar-refractivity contribution in [2.45, 2.75) is 25.9 Å². The number of fused-ring (bicyclic) bond motifs is 3. The van der Waals surface area contributed by atoms with Gasteiger partial charge in [-0.05, 0) is 30.5 Å². The summed E-state index contributed by atoms with van der Waals surface area (Å²) in [5.41, 5.74) is 0.199. The molecule has 4 rings (SSSR count). The van der Waals surface area contributed by atoms with E-state index in [4.69, 9.17) is 11.6 Å². The summed E-state index contributed by atoms with van der Waals surface area (Å²) in [4.78, 5) is 41.6. The molecular weight excluding hydrogens is 401 g/mol. The van der Waals surface area contributed by atoms with Crippen LogP contribution in [0.15, 0.2) is 23.0 Å². The normalized spacial score (nSPS) is 16.5. The lowest BCUT2D eigenvalue weighted by Gasteiger charge is -2.32. The maximum absolute atomic E-state index is 13.4. The second kappa shape index (κ2) is 7.18. The number of amides is 2. The van der Waals surface area contributed by atoms with E-state index in [0.29, 0.717) is 24.9 Å². The molecule has 2 aromatic rings. The number of halogens is 2. The van der Waals surface area contributed by atoms with E-state index in [0.717, 1.165) is 0 Å². The van der Waals surface area contributed by atoms with Crippen LogP contribution < -0.4 is 5.43 Å². The van der Waals surface area contributed by atoms with E-state index in [1.54, 1.807) is 7.05 Å².